The number of amides is 1. The van der Waals surface area contributed by atoms with Crippen LogP contribution in [0.15, 0.2) is 42.6 Å². The third kappa shape index (κ3) is 4.38. The lowest BCUT2D eigenvalue weighted by Gasteiger charge is -2.18. The Hall–Kier alpha value is -2.76. The van der Waals surface area contributed by atoms with Gasteiger partial charge < -0.3 is 19.1 Å². The van der Waals surface area contributed by atoms with E-state index >= 15 is 0 Å². The smallest absolute Gasteiger partial charge is 0.355 e. The zero-order valence-electron chi connectivity index (χ0n) is 14.5. The van der Waals surface area contributed by atoms with Crippen LogP contribution in [-0.4, -0.2) is 49.1 Å². The van der Waals surface area contributed by atoms with E-state index in [1.54, 1.807) is 41.9 Å². The molecular formula is C18H23N3O3. The van der Waals surface area contributed by atoms with Crippen molar-refractivity contribution in [3.63, 3.8) is 0 Å². The minimum absolute atomic E-state index is 0.241. The molecule has 6 heteroatoms. The maximum Gasteiger partial charge on any atom is 0.355 e. The number of nitrogens with zero attached hydrogens (tertiary/aromatic N) is 3. The van der Waals surface area contributed by atoms with Crippen molar-refractivity contribution in [2.75, 3.05) is 32.6 Å². The second-order valence-corrected chi connectivity index (χ2v) is 5.89. The van der Waals surface area contributed by atoms with Crippen LogP contribution in [0.4, 0.5) is 5.69 Å². The molecule has 0 fully saturated rings. The molecule has 128 valence electrons. The van der Waals surface area contributed by atoms with Gasteiger partial charge in [0.2, 0.25) is 0 Å². The van der Waals surface area contributed by atoms with Gasteiger partial charge in [0.05, 0.1) is 0 Å². The molecule has 0 atom stereocenters. The molecule has 0 aliphatic rings. The number of carbonyl (C=O) groups excluding carboxylic acids is 2. The fourth-order valence-electron chi connectivity index (χ4n) is 2.25. The van der Waals surface area contributed by atoms with Gasteiger partial charge in [0.25, 0.3) is 5.91 Å². The Morgan fingerprint density at radius 3 is 2.29 bits per heavy atom. The topological polar surface area (TPSA) is 54.8 Å². The number of aryl methyl sites for hydroxylation is 1. The van der Waals surface area contributed by atoms with Gasteiger partial charge in [-0.25, -0.2) is 4.79 Å². The van der Waals surface area contributed by atoms with E-state index in [1.807, 2.05) is 43.3 Å². The van der Waals surface area contributed by atoms with Crippen LogP contribution in [0, 0.1) is 0 Å². The molecule has 0 spiro atoms. The summed E-state index contributed by atoms with van der Waals surface area (Å²) in [7, 11) is 7.40. The second-order valence-electron chi connectivity index (χ2n) is 5.89. The Balaban J connectivity index is 1.86. The Morgan fingerprint density at radius 1 is 1.08 bits per heavy atom. The van der Waals surface area contributed by atoms with E-state index in [0.29, 0.717) is 12.2 Å². The van der Waals surface area contributed by atoms with Crippen LogP contribution in [0.5, 0.6) is 0 Å². The first-order valence-corrected chi connectivity index (χ1v) is 7.67. The molecule has 0 aliphatic carbocycles. The zero-order chi connectivity index (χ0) is 17.7. The molecule has 2 aromatic rings. The maximum absolute atomic E-state index is 12.1. The van der Waals surface area contributed by atoms with E-state index in [4.69, 9.17) is 4.74 Å². The van der Waals surface area contributed by atoms with Crippen molar-refractivity contribution in [3.05, 3.63) is 53.9 Å². The summed E-state index contributed by atoms with van der Waals surface area (Å²) < 4.78 is 6.74. The highest BCUT2D eigenvalue weighted by Crippen LogP contribution is 2.13. The lowest BCUT2D eigenvalue weighted by atomic mass is 10.2. The van der Waals surface area contributed by atoms with E-state index < -0.39 is 5.97 Å². The van der Waals surface area contributed by atoms with E-state index in [0.717, 1.165) is 11.3 Å². The molecule has 0 saturated carbocycles. The fourth-order valence-corrected chi connectivity index (χ4v) is 2.25. The SMILES string of the molecule is CN(Cc1ccc(N(C)C)cc1)C(=O)COC(=O)c1cccn1C. The second kappa shape index (κ2) is 7.68. The van der Waals surface area contributed by atoms with E-state index in [9.17, 15) is 9.59 Å². The number of aromatic nitrogens is 1. The Kier molecular flexibility index (Phi) is 5.63. The van der Waals surface area contributed by atoms with Crippen molar-refractivity contribution in [2.45, 2.75) is 6.54 Å². The summed E-state index contributed by atoms with van der Waals surface area (Å²) in [5.74, 6) is -0.742. The number of ether oxygens (including phenoxy) is 1. The maximum atomic E-state index is 12.1. The number of hydrogen-bond donors (Lipinski definition) is 0. The van der Waals surface area contributed by atoms with Gasteiger partial charge in [-0.2, -0.15) is 0 Å². The van der Waals surface area contributed by atoms with Crippen LogP contribution in [0.2, 0.25) is 0 Å². The zero-order valence-corrected chi connectivity index (χ0v) is 14.5. The molecule has 1 amide bonds. The Labute approximate surface area is 142 Å². The average molecular weight is 329 g/mol. The Morgan fingerprint density at radius 2 is 1.75 bits per heavy atom. The first-order valence-electron chi connectivity index (χ1n) is 7.67. The number of carbonyl (C=O) groups is 2. The number of rotatable bonds is 6. The highest BCUT2D eigenvalue weighted by Gasteiger charge is 2.15. The van der Waals surface area contributed by atoms with Crippen LogP contribution >= 0.6 is 0 Å². The van der Waals surface area contributed by atoms with Crippen molar-refractivity contribution in [2.24, 2.45) is 7.05 Å². The highest BCUT2D eigenvalue weighted by molar-refractivity contribution is 5.89. The third-order valence-corrected chi connectivity index (χ3v) is 3.78. The molecule has 0 bridgehead atoms. The number of hydrogen-bond acceptors (Lipinski definition) is 4. The molecule has 0 saturated heterocycles. The highest BCUT2D eigenvalue weighted by atomic mass is 16.5. The number of esters is 1. The molecule has 1 aromatic carbocycles. The first kappa shape index (κ1) is 17.6. The van der Waals surface area contributed by atoms with E-state index in [2.05, 4.69) is 0 Å². The van der Waals surface area contributed by atoms with Crippen LogP contribution in [0.25, 0.3) is 0 Å². The van der Waals surface area contributed by atoms with E-state index in [-0.39, 0.29) is 12.5 Å². The first-order chi connectivity index (χ1) is 11.4. The molecule has 0 aliphatic heterocycles. The van der Waals surface area contributed by atoms with Crippen molar-refractivity contribution in [3.8, 4) is 0 Å². The average Bonchev–Trinajstić information content (AvgIpc) is 2.98. The number of benzene rings is 1. The molecule has 1 aromatic heterocycles. The van der Waals surface area contributed by atoms with Gasteiger partial charge in [0.1, 0.15) is 5.69 Å². The molecule has 0 N–H and O–H groups in total. The standard InChI is InChI=1S/C18H23N3O3/c1-19(2)15-9-7-14(8-10-15)12-21(4)17(22)13-24-18(23)16-6-5-11-20(16)3/h5-11H,12-13H2,1-4H3. The number of anilines is 1. The van der Waals surface area contributed by atoms with Crippen LogP contribution in [-0.2, 0) is 23.1 Å². The van der Waals surface area contributed by atoms with E-state index in [1.165, 1.54) is 0 Å². The minimum Gasteiger partial charge on any atom is -0.451 e. The summed E-state index contributed by atoms with van der Waals surface area (Å²) in [6.07, 6.45) is 1.75. The van der Waals surface area contributed by atoms with Gasteiger partial charge in [-0.1, -0.05) is 12.1 Å². The number of likely N-dealkylation sites (N-methyl/N-ethyl adjacent to an activating group) is 1. The van der Waals surface area contributed by atoms with Crippen molar-refractivity contribution >= 4 is 17.6 Å². The summed E-state index contributed by atoms with van der Waals surface area (Å²) in [4.78, 5) is 27.6. The molecule has 6 nitrogen and oxygen atoms in total. The van der Waals surface area contributed by atoms with Gasteiger partial charge in [-0.05, 0) is 29.8 Å². The van der Waals surface area contributed by atoms with Gasteiger partial charge in [0, 0.05) is 46.6 Å². The summed E-state index contributed by atoms with van der Waals surface area (Å²) in [6.45, 7) is 0.199. The van der Waals surface area contributed by atoms with Crippen molar-refractivity contribution in [1.29, 1.82) is 0 Å². The Bertz CT molecular complexity index is 705. The van der Waals surface area contributed by atoms with Gasteiger partial charge >= 0.3 is 5.97 Å². The monoisotopic (exact) mass is 329 g/mol. The summed E-state index contributed by atoms with van der Waals surface area (Å²) >= 11 is 0. The summed E-state index contributed by atoms with van der Waals surface area (Å²) in [5.41, 5.74) is 2.54. The van der Waals surface area contributed by atoms with Gasteiger partial charge in [-0.3, -0.25) is 4.79 Å². The van der Waals surface area contributed by atoms with Crippen LogP contribution in [0.3, 0.4) is 0 Å². The van der Waals surface area contributed by atoms with Crippen molar-refractivity contribution < 1.29 is 14.3 Å². The van der Waals surface area contributed by atoms with Gasteiger partial charge in [-0.15, -0.1) is 0 Å². The lowest BCUT2D eigenvalue weighted by molar-refractivity contribution is -0.133. The quantitative estimate of drug-likeness (QED) is 0.760. The van der Waals surface area contributed by atoms with Crippen LogP contribution < -0.4 is 4.90 Å². The molecule has 2 rings (SSSR count). The molecule has 1 heterocycles. The minimum atomic E-state index is -0.500. The molecule has 0 radical (unpaired) electrons. The summed E-state index contributed by atoms with van der Waals surface area (Å²) in [6, 6.07) is 11.4. The third-order valence-electron chi connectivity index (χ3n) is 3.78. The largest absolute Gasteiger partial charge is 0.451 e. The normalized spacial score (nSPS) is 10.3. The van der Waals surface area contributed by atoms with Crippen molar-refractivity contribution in [1.82, 2.24) is 9.47 Å². The molecular weight excluding hydrogens is 306 g/mol. The van der Waals surface area contributed by atoms with Crippen LogP contribution in [0.1, 0.15) is 16.1 Å². The predicted octanol–water partition coefficient (Wildman–Crippen LogP) is 1.91. The molecule has 0 unspecified atom stereocenters. The predicted molar refractivity (Wildman–Crippen MR) is 92.9 cm³/mol. The lowest BCUT2D eigenvalue weighted by Crippen LogP contribution is -2.31. The summed E-state index contributed by atoms with van der Waals surface area (Å²) in [5, 5.41) is 0. The molecule has 24 heavy (non-hydrogen) atoms. The fraction of sp³-hybridized carbons (Fsp3) is 0.333. The van der Waals surface area contributed by atoms with Gasteiger partial charge in [0.15, 0.2) is 6.61 Å².